The third-order valence-corrected chi connectivity index (χ3v) is 6.00. The van der Waals surface area contributed by atoms with E-state index in [1.165, 1.54) is 5.52 Å². The number of halogens is 1. The molecule has 1 aliphatic heterocycles. The van der Waals surface area contributed by atoms with E-state index in [4.69, 9.17) is 16.6 Å². The third-order valence-electron chi connectivity index (χ3n) is 5.70. The summed E-state index contributed by atoms with van der Waals surface area (Å²) in [5, 5.41) is 3.57. The van der Waals surface area contributed by atoms with Crippen LogP contribution in [0, 0.1) is 5.92 Å². The summed E-state index contributed by atoms with van der Waals surface area (Å²) in [6.45, 7) is 8.29. The van der Waals surface area contributed by atoms with Gasteiger partial charge in [0.1, 0.15) is 5.82 Å². The highest BCUT2D eigenvalue weighted by atomic mass is 35.5. The summed E-state index contributed by atoms with van der Waals surface area (Å²) in [5.41, 5.74) is 3.97. The first-order valence-corrected chi connectivity index (χ1v) is 10.8. The summed E-state index contributed by atoms with van der Waals surface area (Å²) in [5.74, 6) is 1.02. The number of aryl methyl sites for hydroxylation is 1. The SMILES string of the molecule is CC(C)C(=O)Nc1ccc(N2CCN(Cc3nc4ccccc4n3C)CC2)c(Cl)c1. The van der Waals surface area contributed by atoms with Gasteiger partial charge in [-0.2, -0.15) is 0 Å². The first-order valence-electron chi connectivity index (χ1n) is 10.4. The Morgan fingerprint density at radius 1 is 1.13 bits per heavy atom. The number of nitrogens with one attached hydrogen (secondary N) is 1. The molecule has 0 atom stereocenters. The third kappa shape index (κ3) is 4.30. The van der Waals surface area contributed by atoms with Crippen molar-refractivity contribution in [2.75, 3.05) is 36.4 Å². The van der Waals surface area contributed by atoms with Crippen LogP contribution < -0.4 is 10.2 Å². The number of rotatable bonds is 5. The van der Waals surface area contributed by atoms with Crippen LogP contribution in [0.1, 0.15) is 19.7 Å². The van der Waals surface area contributed by atoms with Crippen LogP contribution in [0.4, 0.5) is 11.4 Å². The zero-order valence-electron chi connectivity index (χ0n) is 17.7. The number of hydrogen-bond acceptors (Lipinski definition) is 4. The predicted octanol–water partition coefficient (Wildman–Crippen LogP) is 4.14. The predicted molar refractivity (Wildman–Crippen MR) is 123 cm³/mol. The van der Waals surface area contributed by atoms with E-state index >= 15 is 0 Å². The van der Waals surface area contributed by atoms with Gasteiger partial charge in [0, 0.05) is 44.8 Å². The first-order chi connectivity index (χ1) is 14.4. The standard InChI is InChI=1S/C23H28ClN5O/c1-16(2)23(30)25-17-8-9-20(18(24)14-17)29-12-10-28(11-13-29)15-22-26-19-6-4-5-7-21(19)27(22)3/h4-9,14,16H,10-13,15H2,1-3H3,(H,25,30). The molecule has 2 heterocycles. The molecular weight excluding hydrogens is 398 g/mol. The Kier molecular flexibility index (Phi) is 5.97. The van der Waals surface area contributed by atoms with E-state index in [0.29, 0.717) is 5.02 Å². The van der Waals surface area contributed by atoms with E-state index < -0.39 is 0 Å². The fourth-order valence-corrected chi connectivity index (χ4v) is 4.11. The fraction of sp³-hybridized carbons (Fsp3) is 0.391. The van der Waals surface area contributed by atoms with Gasteiger partial charge in [0.25, 0.3) is 0 Å². The second-order valence-corrected chi connectivity index (χ2v) is 8.56. The largest absolute Gasteiger partial charge is 0.368 e. The molecule has 0 saturated carbocycles. The van der Waals surface area contributed by atoms with Crippen LogP contribution in [0.3, 0.4) is 0 Å². The van der Waals surface area contributed by atoms with Crippen LogP contribution >= 0.6 is 11.6 Å². The number of piperazine rings is 1. The average molecular weight is 426 g/mol. The van der Waals surface area contributed by atoms with Crippen molar-refractivity contribution in [3.8, 4) is 0 Å². The van der Waals surface area contributed by atoms with Gasteiger partial charge in [0.05, 0.1) is 28.3 Å². The Bertz CT molecular complexity index is 1050. The number of fused-ring (bicyclic) bond motifs is 1. The maximum absolute atomic E-state index is 11.9. The summed E-state index contributed by atoms with van der Waals surface area (Å²) in [4.78, 5) is 21.4. The fourth-order valence-electron chi connectivity index (χ4n) is 3.81. The minimum absolute atomic E-state index is 0.00521. The number of carbonyl (C=O) groups is 1. The molecule has 1 saturated heterocycles. The van der Waals surface area contributed by atoms with E-state index in [-0.39, 0.29) is 11.8 Å². The molecule has 1 amide bonds. The molecule has 7 heteroatoms. The number of benzene rings is 2. The molecule has 1 fully saturated rings. The number of hydrogen-bond donors (Lipinski definition) is 1. The Labute approximate surface area is 182 Å². The Hall–Kier alpha value is -2.57. The smallest absolute Gasteiger partial charge is 0.226 e. The topological polar surface area (TPSA) is 53.4 Å². The Morgan fingerprint density at radius 2 is 1.87 bits per heavy atom. The molecule has 6 nitrogen and oxygen atoms in total. The van der Waals surface area contributed by atoms with Crippen molar-refractivity contribution in [3.63, 3.8) is 0 Å². The zero-order valence-corrected chi connectivity index (χ0v) is 18.5. The number of nitrogens with zero attached hydrogens (tertiary/aromatic N) is 4. The van der Waals surface area contributed by atoms with Crippen molar-refractivity contribution in [2.24, 2.45) is 13.0 Å². The maximum atomic E-state index is 11.9. The lowest BCUT2D eigenvalue weighted by Gasteiger charge is -2.36. The molecular formula is C23H28ClN5O. The van der Waals surface area contributed by atoms with Gasteiger partial charge in [-0.1, -0.05) is 37.6 Å². The van der Waals surface area contributed by atoms with Crippen molar-refractivity contribution >= 4 is 39.9 Å². The van der Waals surface area contributed by atoms with Gasteiger partial charge in [-0.05, 0) is 30.3 Å². The highest BCUT2D eigenvalue weighted by molar-refractivity contribution is 6.33. The van der Waals surface area contributed by atoms with Crippen molar-refractivity contribution in [1.82, 2.24) is 14.5 Å². The first kappa shape index (κ1) is 20.7. The summed E-state index contributed by atoms with van der Waals surface area (Å²) in [6.07, 6.45) is 0. The molecule has 1 aromatic heterocycles. The monoisotopic (exact) mass is 425 g/mol. The summed E-state index contributed by atoms with van der Waals surface area (Å²) < 4.78 is 2.18. The van der Waals surface area contributed by atoms with Gasteiger partial charge in [-0.15, -0.1) is 0 Å². The van der Waals surface area contributed by atoms with Crippen molar-refractivity contribution in [2.45, 2.75) is 20.4 Å². The lowest BCUT2D eigenvalue weighted by Crippen LogP contribution is -2.46. The Balaban J connectivity index is 1.38. The van der Waals surface area contributed by atoms with Crippen LogP contribution in [0.2, 0.25) is 5.02 Å². The van der Waals surface area contributed by atoms with Gasteiger partial charge >= 0.3 is 0 Å². The molecule has 0 bridgehead atoms. The molecule has 0 radical (unpaired) electrons. The van der Waals surface area contributed by atoms with Gasteiger partial charge < -0.3 is 14.8 Å². The minimum atomic E-state index is -0.0622. The quantitative estimate of drug-likeness (QED) is 0.667. The second-order valence-electron chi connectivity index (χ2n) is 8.15. The van der Waals surface area contributed by atoms with Crippen LogP contribution in [0.25, 0.3) is 11.0 Å². The number of aromatic nitrogens is 2. The molecule has 0 aliphatic carbocycles. The zero-order chi connectivity index (χ0) is 21.3. The minimum Gasteiger partial charge on any atom is -0.368 e. The van der Waals surface area contributed by atoms with Gasteiger partial charge in [-0.3, -0.25) is 9.69 Å². The second kappa shape index (κ2) is 8.66. The van der Waals surface area contributed by atoms with E-state index in [1.54, 1.807) is 0 Å². The molecule has 3 aromatic rings. The van der Waals surface area contributed by atoms with E-state index in [1.807, 2.05) is 38.1 Å². The molecule has 158 valence electrons. The number of para-hydroxylation sites is 2. The van der Waals surface area contributed by atoms with Gasteiger partial charge in [0.15, 0.2) is 0 Å². The van der Waals surface area contributed by atoms with Gasteiger partial charge in [-0.25, -0.2) is 4.98 Å². The molecule has 0 spiro atoms. The Morgan fingerprint density at radius 3 is 2.53 bits per heavy atom. The van der Waals surface area contributed by atoms with E-state index in [0.717, 1.165) is 55.4 Å². The van der Waals surface area contributed by atoms with Crippen LogP contribution in [0.15, 0.2) is 42.5 Å². The summed E-state index contributed by atoms with van der Waals surface area (Å²) in [7, 11) is 2.08. The molecule has 4 rings (SSSR count). The van der Waals surface area contributed by atoms with Crippen molar-refractivity contribution in [3.05, 3.63) is 53.3 Å². The van der Waals surface area contributed by atoms with Crippen LogP contribution in [-0.2, 0) is 18.4 Å². The maximum Gasteiger partial charge on any atom is 0.226 e. The number of amides is 1. The van der Waals surface area contributed by atoms with Crippen molar-refractivity contribution in [1.29, 1.82) is 0 Å². The lowest BCUT2D eigenvalue weighted by atomic mass is 10.2. The van der Waals surface area contributed by atoms with Crippen LogP contribution in [-0.4, -0.2) is 46.5 Å². The number of anilines is 2. The molecule has 30 heavy (non-hydrogen) atoms. The molecule has 1 aliphatic rings. The molecule has 0 unspecified atom stereocenters. The van der Waals surface area contributed by atoms with E-state index in [2.05, 4.69) is 44.9 Å². The lowest BCUT2D eigenvalue weighted by molar-refractivity contribution is -0.118. The number of imidazole rings is 1. The summed E-state index contributed by atoms with van der Waals surface area (Å²) >= 11 is 6.54. The summed E-state index contributed by atoms with van der Waals surface area (Å²) in [6, 6.07) is 14.0. The normalized spacial score (nSPS) is 15.2. The number of carbonyl (C=O) groups excluding carboxylic acids is 1. The molecule has 2 aromatic carbocycles. The van der Waals surface area contributed by atoms with Crippen molar-refractivity contribution < 1.29 is 4.79 Å². The highest BCUT2D eigenvalue weighted by Crippen LogP contribution is 2.30. The van der Waals surface area contributed by atoms with Gasteiger partial charge in [0.2, 0.25) is 5.91 Å². The van der Waals surface area contributed by atoms with E-state index in [9.17, 15) is 4.79 Å². The average Bonchev–Trinajstić information content (AvgIpc) is 3.04. The molecule has 1 N–H and O–H groups in total. The van der Waals surface area contributed by atoms with Crippen LogP contribution in [0.5, 0.6) is 0 Å². The highest BCUT2D eigenvalue weighted by Gasteiger charge is 2.21.